The highest BCUT2D eigenvalue weighted by atomic mass is 35.5. The van der Waals surface area contributed by atoms with Gasteiger partial charge in [-0.05, 0) is 30.5 Å². The van der Waals surface area contributed by atoms with E-state index in [1.165, 1.54) is 5.56 Å². The van der Waals surface area contributed by atoms with Gasteiger partial charge in [-0.1, -0.05) is 41.9 Å². The van der Waals surface area contributed by atoms with Crippen molar-refractivity contribution in [1.82, 2.24) is 5.32 Å². The summed E-state index contributed by atoms with van der Waals surface area (Å²) >= 11 is 6.53. The molecule has 1 N–H and O–H groups in total. The number of hydrogen-bond donors (Lipinski definition) is 1. The minimum atomic E-state index is 0.00277. The molecule has 1 fully saturated rings. The van der Waals surface area contributed by atoms with Gasteiger partial charge < -0.3 is 19.5 Å². The van der Waals surface area contributed by atoms with Crippen LogP contribution >= 0.6 is 11.6 Å². The van der Waals surface area contributed by atoms with E-state index in [0.29, 0.717) is 13.2 Å². The first-order valence-corrected chi connectivity index (χ1v) is 9.57. The Labute approximate surface area is 159 Å². The molecule has 0 aliphatic carbocycles. The van der Waals surface area contributed by atoms with E-state index < -0.39 is 0 Å². The lowest BCUT2D eigenvalue weighted by atomic mass is 9.74. The third kappa shape index (κ3) is 3.54. The maximum absolute atomic E-state index is 6.53. The summed E-state index contributed by atoms with van der Waals surface area (Å²) in [6.45, 7) is 4.34. The molecule has 138 valence electrons. The Morgan fingerprint density at radius 1 is 0.923 bits per heavy atom. The number of fused-ring (bicyclic) bond motifs is 1. The van der Waals surface area contributed by atoms with E-state index in [4.69, 9.17) is 25.8 Å². The SMILES string of the molecule is Clc1ccccc1C1(CNCc2cccc3c2OCCO3)CCOCC1. The van der Waals surface area contributed by atoms with Gasteiger partial charge in [0.25, 0.3) is 0 Å². The van der Waals surface area contributed by atoms with Crippen LogP contribution in [0.2, 0.25) is 5.02 Å². The van der Waals surface area contributed by atoms with Gasteiger partial charge in [0.15, 0.2) is 11.5 Å². The Kier molecular flexibility index (Phi) is 5.34. The first kappa shape index (κ1) is 17.7. The van der Waals surface area contributed by atoms with Crippen LogP contribution in [0, 0.1) is 0 Å². The molecule has 2 aromatic rings. The molecule has 4 rings (SSSR count). The topological polar surface area (TPSA) is 39.7 Å². The number of halogens is 1. The zero-order valence-electron chi connectivity index (χ0n) is 14.8. The first-order valence-electron chi connectivity index (χ1n) is 9.19. The van der Waals surface area contributed by atoms with Crippen LogP contribution in [0.15, 0.2) is 42.5 Å². The number of ether oxygens (including phenoxy) is 3. The lowest BCUT2D eigenvalue weighted by molar-refractivity contribution is 0.0498. The predicted molar refractivity (Wildman–Crippen MR) is 102 cm³/mol. The summed E-state index contributed by atoms with van der Waals surface area (Å²) in [5.74, 6) is 1.70. The van der Waals surface area contributed by atoms with Crippen LogP contribution in [0.5, 0.6) is 11.5 Å². The van der Waals surface area contributed by atoms with E-state index in [0.717, 1.165) is 61.2 Å². The highest BCUT2D eigenvalue weighted by molar-refractivity contribution is 6.31. The second-order valence-corrected chi connectivity index (χ2v) is 7.32. The molecule has 1 saturated heterocycles. The second kappa shape index (κ2) is 7.87. The standard InChI is InChI=1S/C21H24ClNO3/c22-18-6-2-1-5-17(18)21(8-10-24-11-9-21)15-23-14-16-4-3-7-19-20(16)26-13-12-25-19/h1-7,23H,8-15H2. The fourth-order valence-corrected chi connectivity index (χ4v) is 4.24. The molecule has 0 saturated carbocycles. The normalized spacial score (nSPS) is 18.5. The maximum atomic E-state index is 6.53. The fraction of sp³-hybridized carbons (Fsp3) is 0.429. The number of rotatable bonds is 5. The summed E-state index contributed by atoms with van der Waals surface area (Å²) < 4.78 is 17.1. The summed E-state index contributed by atoms with van der Waals surface area (Å²) in [5, 5.41) is 4.48. The van der Waals surface area contributed by atoms with Crippen LogP contribution in [0.1, 0.15) is 24.0 Å². The summed E-state index contributed by atoms with van der Waals surface area (Å²) in [6, 6.07) is 14.2. The molecule has 0 aromatic heterocycles. The molecule has 2 heterocycles. The van der Waals surface area contributed by atoms with Gasteiger partial charge in [-0.3, -0.25) is 0 Å². The van der Waals surface area contributed by atoms with E-state index in [-0.39, 0.29) is 5.41 Å². The largest absolute Gasteiger partial charge is 0.486 e. The van der Waals surface area contributed by atoms with Crippen molar-refractivity contribution in [2.45, 2.75) is 24.8 Å². The van der Waals surface area contributed by atoms with Crippen LogP contribution < -0.4 is 14.8 Å². The smallest absolute Gasteiger partial charge is 0.165 e. The molecule has 0 unspecified atom stereocenters. The Morgan fingerprint density at radius 2 is 1.73 bits per heavy atom. The second-order valence-electron chi connectivity index (χ2n) is 6.92. The summed E-state index contributed by atoms with van der Waals surface area (Å²) in [7, 11) is 0. The molecule has 2 aliphatic rings. The summed E-state index contributed by atoms with van der Waals surface area (Å²) in [4.78, 5) is 0. The molecule has 26 heavy (non-hydrogen) atoms. The minimum Gasteiger partial charge on any atom is -0.486 e. The predicted octanol–water partition coefficient (Wildman–Crippen LogP) is 3.95. The molecule has 2 aromatic carbocycles. The van der Waals surface area contributed by atoms with Crippen molar-refractivity contribution in [2.24, 2.45) is 0 Å². The van der Waals surface area contributed by atoms with Crippen LogP contribution in [0.3, 0.4) is 0 Å². The Hall–Kier alpha value is -1.75. The van der Waals surface area contributed by atoms with Crippen molar-refractivity contribution >= 4 is 11.6 Å². The van der Waals surface area contributed by atoms with Crippen molar-refractivity contribution in [1.29, 1.82) is 0 Å². The van der Waals surface area contributed by atoms with Crippen molar-refractivity contribution in [2.75, 3.05) is 33.0 Å². The van der Waals surface area contributed by atoms with Gasteiger partial charge in [-0.15, -0.1) is 0 Å². The Balaban J connectivity index is 1.51. The Morgan fingerprint density at radius 3 is 2.58 bits per heavy atom. The lowest BCUT2D eigenvalue weighted by Crippen LogP contribution is -2.43. The van der Waals surface area contributed by atoms with Crippen molar-refractivity contribution < 1.29 is 14.2 Å². The Bertz CT molecular complexity index is 759. The summed E-state index contributed by atoms with van der Waals surface area (Å²) in [5.41, 5.74) is 2.35. The fourth-order valence-electron chi connectivity index (χ4n) is 3.90. The van der Waals surface area contributed by atoms with E-state index in [2.05, 4.69) is 23.5 Å². The van der Waals surface area contributed by atoms with Gasteiger partial charge in [0, 0.05) is 42.3 Å². The molecular formula is C21H24ClNO3. The molecule has 5 heteroatoms. The quantitative estimate of drug-likeness (QED) is 0.861. The molecule has 0 atom stereocenters. The van der Waals surface area contributed by atoms with Gasteiger partial charge in [0.1, 0.15) is 13.2 Å². The number of benzene rings is 2. The first-order chi connectivity index (χ1) is 12.8. The van der Waals surface area contributed by atoms with Gasteiger partial charge in [0.2, 0.25) is 0 Å². The third-order valence-electron chi connectivity index (χ3n) is 5.32. The zero-order valence-corrected chi connectivity index (χ0v) is 15.6. The minimum absolute atomic E-state index is 0.00277. The molecular weight excluding hydrogens is 350 g/mol. The van der Waals surface area contributed by atoms with Crippen LogP contribution in [0.25, 0.3) is 0 Å². The summed E-state index contributed by atoms with van der Waals surface area (Å²) in [6.07, 6.45) is 1.94. The van der Waals surface area contributed by atoms with Crippen molar-refractivity contribution in [3.05, 3.63) is 58.6 Å². The number of hydrogen-bond acceptors (Lipinski definition) is 4. The molecule has 0 amide bonds. The molecule has 0 radical (unpaired) electrons. The monoisotopic (exact) mass is 373 g/mol. The molecule has 2 aliphatic heterocycles. The van der Waals surface area contributed by atoms with Crippen molar-refractivity contribution in [3.8, 4) is 11.5 Å². The average molecular weight is 374 g/mol. The lowest BCUT2D eigenvalue weighted by Gasteiger charge is -2.38. The number of nitrogens with one attached hydrogen (secondary N) is 1. The molecule has 0 spiro atoms. The van der Waals surface area contributed by atoms with Crippen LogP contribution in [0.4, 0.5) is 0 Å². The molecule has 0 bridgehead atoms. The third-order valence-corrected chi connectivity index (χ3v) is 5.65. The van der Waals surface area contributed by atoms with E-state index in [9.17, 15) is 0 Å². The van der Waals surface area contributed by atoms with Gasteiger partial charge >= 0.3 is 0 Å². The number of para-hydroxylation sites is 1. The van der Waals surface area contributed by atoms with Gasteiger partial charge in [0.05, 0.1) is 0 Å². The van der Waals surface area contributed by atoms with E-state index >= 15 is 0 Å². The highest BCUT2D eigenvalue weighted by Gasteiger charge is 2.35. The van der Waals surface area contributed by atoms with Crippen LogP contribution in [-0.2, 0) is 16.7 Å². The van der Waals surface area contributed by atoms with Gasteiger partial charge in [-0.2, -0.15) is 0 Å². The van der Waals surface area contributed by atoms with Crippen LogP contribution in [-0.4, -0.2) is 33.0 Å². The van der Waals surface area contributed by atoms with E-state index in [1.54, 1.807) is 0 Å². The zero-order chi connectivity index (χ0) is 17.8. The highest BCUT2D eigenvalue weighted by Crippen LogP contribution is 2.38. The van der Waals surface area contributed by atoms with E-state index in [1.807, 2.05) is 24.3 Å². The van der Waals surface area contributed by atoms with Gasteiger partial charge in [-0.25, -0.2) is 0 Å². The van der Waals surface area contributed by atoms with Crippen molar-refractivity contribution in [3.63, 3.8) is 0 Å². The average Bonchev–Trinajstić information content (AvgIpc) is 2.69. The maximum Gasteiger partial charge on any atom is 0.165 e. The molecule has 4 nitrogen and oxygen atoms in total.